The first kappa shape index (κ1) is 8.95. The number of rotatable bonds is 2. The van der Waals surface area contributed by atoms with Crippen molar-refractivity contribution in [1.29, 1.82) is 0 Å². The second-order valence-corrected chi connectivity index (χ2v) is 4.29. The van der Waals surface area contributed by atoms with Gasteiger partial charge >= 0.3 is 0 Å². The lowest BCUT2D eigenvalue weighted by Gasteiger charge is -2.40. The molecule has 1 saturated heterocycles. The summed E-state index contributed by atoms with van der Waals surface area (Å²) in [6.07, 6.45) is 2.50. The van der Waals surface area contributed by atoms with Gasteiger partial charge in [-0.3, -0.25) is 0 Å². The van der Waals surface area contributed by atoms with Crippen LogP contribution in [0.4, 0.5) is 11.5 Å². The lowest BCUT2D eigenvalue weighted by Crippen LogP contribution is -2.39. The summed E-state index contributed by atoms with van der Waals surface area (Å²) in [7, 11) is 0. The summed E-state index contributed by atoms with van der Waals surface area (Å²) >= 11 is 0. The van der Waals surface area contributed by atoms with Crippen molar-refractivity contribution < 1.29 is 0 Å². The third-order valence-corrected chi connectivity index (χ3v) is 3.38. The third-order valence-electron chi connectivity index (χ3n) is 3.38. The van der Waals surface area contributed by atoms with Crippen molar-refractivity contribution in [2.45, 2.75) is 25.7 Å². The zero-order chi connectivity index (χ0) is 10.3. The molecule has 2 bridgehead atoms. The van der Waals surface area contributed by atoms with Crippen molar-refractivity contribution in [2.75, 3.05) is 29.9 Å². The van der Waals surface area contributed by atoms with Crippen molar-refractivity contribution >= 4 is 11.5 Å². The molecule has 15 heavy (non-hydrogen) atoms. The second-order valence-electron chi connectivity index (χ2n) is 4.29. The summed E-state index contributed by atoms with van der Waals surface area (Å²) in [4.78, 5) is 2.44. The number of hydrogen-bond donors (Lipinski definition) is 1. The molecule has 0 saturated carbocycles. The van der Waals surface area contributed by atoms with Crippen LogP contribution in [-0.4, -0.2) is 29.8 Å². The standard InChI is InChI=1S/C11H16N4/c1-2-12-10-7-9-11(14-13-10)8-3-5-15(9)6-4-8/h7-8H,2-6H2,1H3,(H,12,13). The summed E-state index contributed by atoms with van der Waals surface area (Å²) in [5, 5.41) is 11.8. The van der Waals surface area contributed by atoms with Gasteiger partial charge in [-0.15, -0.1) is 5.10 Å². The number of nitrogens with zero attached hydrogens (tertiary/aromatic N) is 3. The van der Waals surface area contributed by atoms with Crippen LogP contribution in [0.5, 0.6) is 0 Å². The fraction of sp³-hybridized carbons (Fsp3) is 0.636. The van der Waals surface area contributed by atoms with E-state index in [1.165, 1.54) is 37.3 Å². The van der Waals surface area contributed by atoms with Crippen molar-refractivity contribution in [1.82, 2.24) is 10.2 Å². The summed E-state index contributed by atoms with van der Waals surface area (Å²) in [5.41, 5.74) is 2.53. The minimum absolute atomic E-state index is 0.660. The van der Waals surface area contributed by atoms with Gasteiger partial charge in [0, 0.05) is 31.6 Å². The molecule has 4 rings (SSSR count). The smallest absolute Gasteiger partial charge is 0.150 e. The molecule has 0 radical (unpaired) electrons. The van der Waals surface area contributed by atoms with Crippen LogP contribution < -0.4 is 10.2 Å². The molecule has 4 heteroatoms. The SMILES string of the molecule is CCNc1cc2c(nn1)C1CCN2CC1. The Labute approximate surface area is 89.7 Å². The second kappa shape index (κ2) is 3.36. The number of fused-ring (bicyclic) bond motifs is 2. The molecule has 1 aromatic rings. The van der Waals surface area contributed by atoms with E-state index in [1.807, 2.05) is 0 Å². The average molecular weight is 204 g/mol. The molecule has 1 aromatic heterocycles. The van der Waals surface area contributed by atoms with E-state index in [0.29, 0.717) is 5.92 Å². The topological polar surface area (TPSA) is 41.1 Å². The monoisotopic (exact) mass is 204 g/mol. The van der Waals surface area contributed by atoms with E-state index >= 15 is 0 Å². The van der Waals surface area contributed by atoms with Crippen LogP contribution >= 0.6 is 0 Å². The zero-order valence-electron chi connectivity index (χ0n) is 9.03. The van der Waals surface area contributed by atoms with E-state index < -0.39 is 0 Å². The molecule has 0 aromatic carbocycles. The van der Waals surface area contributed by atoms with Gasteiger partial charge in [-0.05, 0) is 19.8 Å². The van der Waals surface area contributed by atoms with Crippen LogP contribution in [0.2, 0.25) is 0 Å². The maximum atomic E-state index is 4.37. The molecule has 0 atom stereocenters. The Morgan fingerprint density at radius 2 is 2.20 bits per heavy atom. The Bertz CT molecular complexity index is 369. The first-order valence-corrected chi connectivity index (χ1v) is 5.75. The molecule has 1 N–H and O–H groups in total. The predicted octanol–water partition coefficient (Wildman–Crippen LogP) is 1.61. The Kier molecular flexibility index (Phi) is 2.01. The number of aromatic nitrogens is 2. The number of hydrogen-bond acceptors (Lipinski definition) is 4. The largest absolute Gasteiger partial charge is 0.370 e. The minimum Gasteiger partial charge on any atom is -0.370 e. The Morgan fingerprint density at radius 3 is 2.93 bits per heavy atom. The molecule has 1 fully saturated rings. The maximum absolute atomic E-state index is 4.37. The summed E-state index contributed by atoms with van der Waals surface area (Å²) < 4.78 is 0. The molecule has 3 aliphatic heterocycles. The average Bonchev–Trinajstić information content (AvgIpc) is 2.31. The van der Waals surface area contributed by atoms with E-state index in [4.69, 9.17) is 0 Å². The van der Waals surface area contributed by atoms with E-state index in [2.05, 4.69) is 33.4 Å². The van der Waals surface area contributed by atoms with Crippen molar-refractivity contribution in [2.24, 2.45) is 0 Å². The van der Waals surface area contributed by atoms with Crippen molar-refractivity contribution in [3.63, 3.8) is 0 Å². The summed E-state index contributed by atoms with van der Waals surface area (Å²) in [6.45, 7) is 5.36. The highest BCUT2D eigenvalue weighted by atomic mass is 15.2. The molecule has 80 valence electrons. The van der Waals surface area contributed by atoms with E-state index in [0.717, 1.165) is 12.4 Å². The maximum Gasteiger partial charge on any atom is 0.150 e. The third kappa shape index (κ3) is 1.35. The van der Waals surface area contributed by atoms with Crippen LogP contribution in [-0.2, 0) is 0 Å². The van der Waals surface area contributed by atoms with E-state index in [1.54, 1.807) is 0 Å². The van der Waals surface area contributed by atoms with E-state index in [9.17, 15) is 0 Å². The highest BCUT2D eigenvalue weighted by molar-refractivity contribution is 5.60. The van der Waals surface area contributed by atoms with Crippen LogP contribution in [0, 0.1) is 0 Å². The Hall–Kier alpha value is -1.32. The van der Waals surface area contributed by atoms with Crippen LogP contribution in [0.25, 0.3) is 0 Å². The highest BCUT2D eigenvalue weighted by Gasteiger charge is 2.32. The summed E-state index contributed by atoms with van der Waals surface area (Å²) in [6, 6.07) is 2.15. The zero-order valence-corrected chi connectivity index (χ0v) is 9.03. The van der Waals surface area contributed by atoms with Gasteiger partial charge in [-0.25, -0.2) is 0 Å². The molecular weight excluding hydrogens is 188 g/mol. The van der Waals surface area contributed by atoms with E-state index in [-0.39, 0.29) is 0 Å². The molecule has 0 aliphatic carbocycles. The lowest BCUT2D eigenvalue weighted by molar-refractivity contribution is 0.459. The van der Waals surface area contributed by atoms with Gasteiger partial charge in [0.05, 0.1) is 11.4 Å². The molecule has 0 unspecified atom stereocenters. The number of nitrogens with one attached hydrogen (secondary N) is 1. The molecular formula is C11H16N4. The fourth-order valence-corrected chi connectivity index (χ4v) is 2.60. The van der Waals surface area contributed by atoms with Gasteiger partial charge in [0.15, 0.2) is 5.82 Å². The molecule has 3 aliphatic rings. The first-order valence-electron chi connectivity index (χ1n) is 5.75. The van der Waals surface area contributed by atoms with Crippen LogP contribution in [0.15, 0.2) is 6.07 Å². The van der Waals surface area contributed by atoms with Crippen LogP contribution in [0.1, 0.15) is 31.4 Å². The van der Waals surface area contributed by atoms with Gasteiger partial charge in [0.25, 0.3) is 0 Å². The quantitative estimate of drug-likeness (QED) is 0.794. The molecule has 0 spiro atoms. The predicted molar refractivity (Wildman–Crippen MR) is 60.4 cm³/mol. The van der Waals surface area contributed by atoms with Crippen molar-refractivity contribution in [3.8, 4) is 0 Å². The number of anilines is 2. The van der Waals surface area contributed by atoms with Gasteiger partial charge in [0.1, 0.15) is 0 Å². The van der Waals surface area contributed by atoms with Crippen molar-refractivity contribution in [3.05, 3.63) is 11.8 Å². The fourth-order valence-electron chi connectivity index (χ4n) is 2.60. The molecule has 4 heterocycles. The molecule has 0 amide bonds. The number of piperidine rings is 1. The highest BCUT2D eigenvalue weighted by Crippen LogP contribution is 2.40. The van der Waals surface area contributed by atoms with Gasteiger partial charge < -0.3 is 10.2 Å². The Morgan fingerprint density at radius 1 is 1.40 bits per heavy atom. The van der Waals surface area contributed by atoms with Gasteiger partial charge in [0.2, 0.25) is 0 Å². The minimum atomic E-state index is 0.660. The first-order chi connectivity index (χ1) is 7.38. The van der Waals surface area contributed by atoms with Gasteiger partial charge in [-0.2, -0.15) is 5.10 Å². The molecule has 4 nitrogen and oxygen atoms in total. The van der Waals surface area contributed by atoms with Crippen LogP contribution in [0.3, 0.4) is 0 Å². The Balaban J connectivity index is 2.00. The lowest BCUT2D eigenvalue weighted by atomic mass is 9.87. The summed E-state index contributed by atoms with van der Waals surface area (Å²) in [5.74, 6) is 1.57. The normalized spacial score (nSPS) is 19.1. The van der Waals surface area contributed by atoms with Gasteiger partial charge in [-0.1, -0.05) is 0 Å².